The normalized spacial score (nSPS) is 11.8. The average molecular weight is 293 g/mol. The summed E-state index contributed by atoms with van der Waals surface area (Å²) in [7, 11) is -1.13. The summed E-state index contributed by atoms with van der Waals surface area (Å²) >= 11 is 0. The minimum Gasteiger partial charge on any atom is -0.468 e. The minimum atomic E-state index is -3.70. The molecule has 2 aromatic rings. The minimum absolute atomic E-state index is 0.155. The monoisotopic (exact) mass is 293 g/mol. The number of hydrogen-bond donors (Lipinski definition) is 0. The molecule has 0 unspecified atom stereocenters. The molecule has 0 amide bonds. The number of likely N-dealkylation sites (N-methyl/N-ethyl adjacent to an activating group) is 1. The van der Waals surface area contributed by atoms with Gasteiger partial charge >= 0.3 is 5.97 Å². The van der Waals surface area contributed by atoms with Gasteiger partial charge in [0.15, 0.2) is 0 Å². The largest absolute Gasteiger partial charge is 0.468 e. The van der Waals surface area contributed by atoms with Gasteiger partial charge in [-0.25, -0.2) is 8.42 Å². The number of nitrogens with zero attached hydrogens (tertiary/aromatic N) is 1. The Morgan fingerprint density at radius 2 is 1.80 bits per heavy atom. The maximum absolute atomic E-state index is 12.3. The molecule has 106 valence electrons. The first kappa shape index (κ1) is 14.5. The number of hydrogen-bond acceptors (Lipinski definition) is 4. The molecule has 0 aliphatic heterocycles. The highest BCUT2D eigenvalue weighted by atomic mass is 32.2. The number of benzene rings is 2. The summed E-state index contributed by atoms with van der Waals surface area (Å²) in [6.45, 7) is -0.314. The Kier molecular flexibility index (Phi) is 4.06. The van der Waals surface area contributed by atoms with Crippen LogP contribution < -0.4 is 0 Å². The SMILES string of the molecule is COC(=O)CN(C)S(=O)(=O)c1ccc2ccccc2c1. The number of carbonyl (C=O) groups excluding carboxylic acids is 1. The number of fused-ring (bicyclic) bond motifs is 1. The van der Waals surface area contributed by atoms with Crippen LogP contribution in [0.4, 0.5) is 0 Å². The standard InChI is InChI=1S/C14H15NO4S/c1-15(10-14(16)19-2)20(17,18)13-8-7-11-5-3-4-6-12(11)9-13/h3-9H,10H2,1-2H3. The van der Waals surface area contributed by atoms with Crippen LogP contribution in [0.15, 0.2) is 47.4 Å². The third-order valence-corrected chi connectivity index (χ3v) is 4.81. The maximum Gasteiger partial charge on any atom is 0.321 e. The first-order chi connectivity index (χ1) is 9.45. The van der Waals surface area contributed by atoms with Crippen molar-refractivity contribution in [2.45, 2.75) is 4.90 Å². The molecule has 0 atom stereocenters. The molecule has 0 aromatic heterocycles. The fourth-order valence-corrected chi connectivity index (χ4v) is 2.99. The van der Waals surface area contributed by atoms with Gasteiger partial charge in [0.25, 0.3) is 0 Å². The molecule has 5 nitrogen and oxygen atoms in total. The molecule has 0 bridgehead atoms. The third-order valence-electron chi connectivity index (χ3n) is 3.01. The maximum atomic E-state index is 12.3. The van der Waals surface area contributed by atoms with Crippen LogP contribution >= 0.6 is 0 Å². The highest BCUT2D eigenvalue weighted by molar-refractivity contribution is 7.89. The van der Waals surface area contributed by atoms with Crippen molar-refractivity contribution in [2.24, 2.45) is 0 Å². The Bertz CT molecular complexity index is 740. The van der Waals surface area contributed by atoms with Crippen LogP contribution in [0.1, 0.15) is 0 Å². The van der Waals surface area contributed by atoms with E-state index in [9.17, 15) is 13.2 Å². The zero-order chi connectivity index (χ0) is 14.8. The summed E-state index contributed by atoms with van der Waals surface area (Å²) in [6.07, 6.45) is 0. The molecule has 20 heavy (non-hydrogen) atoms. The molecule has 0 aliphatic rings. The van der Waals surface area contributed by atoms with Crippen molar-refractivity contribution in [3.8, 4) is 0 Å². The van der Waals surface area contributed by atoms with Crippen molar-refractivity contribution in [2.75, 3.05) is 20.7 Å². The number of sulfonamides is 1. The van der Waals surface area contributed by atoms with Gasteiger partial charge in [-0.15, -0.1) is 0 Å². The van der Waals surface area contributed by atoms with Crippen molar-refractivity contribution in [3.63, 3.8) is 0 Å². The summed E-state index contributed by atoms with van der Waals surface area (Å²) in [5.74, 6) is -0.600. The van der Waals surface area contributed by atoms with Gasteiger partial charge in [-0.3, -0.25) is 4.79 Å². The van der Waals surface area contributed by atoms with E-state index in [4.69, 9.17) is 0 Å². The molecule has 0 saturated carbocycles. The zero-order valence-electron chi connectivity index (χ0n) is 11.2. The highest BCUT2D eigenvalue weighted by Crippen LogP contribution is 2.21. The Labute approximate surface area is 117 Å². The van der Waals surface area contributed by atoms with Crippen LogP contribution in [0.3, 0.4) is 0 Å². The van der Waals surface area contributed by atoms with E-state index in [0.29, 0.717) is 0 Å². The molecule has 0 fully saturated rings. The van der Waals surface area contributed by atoms with E-state index in [1.165, 1.54) is 20.2 Å². The van der Waals surface area contributed by atoms with E-state index >= 15 is 0 Å². The van der Waals surface area contributed by atoms with Gasteiger partial charge in [0, 0.05) is 7.05 Å². The van der Waals surface area contributed by atoms with Gasteiger partial charge in [0.1, 0.15) is 6.54 Å². The van der Waals surface area contributed by atoms with E-state index in [1.54, 1.807) is 12.1 Å². The molecular weight excluding hydrogens is 278 g/mol. The van der Waals surface area contributed by atoms with Gasteiger partial charge in [0.2, 0.25) is 10.0 Å². The van der Waals surface area contributed by atoms with Crippen LogP contribution in [0, 0.1) is 0 Å². The topological polar surface area (TPSA) is 63.7 Å². The number of esters is 1. The summed E-state index contributed by atoms with van der Waals surface area (Å²) in [6, 6.07) is 12.4. The van der Waals surface area contributed by atoms with Gasteiger partial charge in [-0.05, 0) is 22.9 Å². The second-order valence-electron chi connectivity index (χ2n) is 4.35. The first-order valence-electron chi connectivity index (χ1n) is 5.97. The number of ether oxygens (including phenoxy) is 1. The average Bonchev–Trinajstić information content (AvgIpc) is 2.46. The summed E-state index contributed by atoms with van der Waals surface area (Å²) in [4.78, 5) is 11.3. The van der Waals surface area contributed by atoms with Crippen molar-refractivity contribution in [1.82, 2.24) is 4.31 Å². The molecule has 2 aromatic carbocycles. The fraction of sp³-hybridized carbons (Fsp3) is 0.214. The van der Waals surface area contributed by atoms with E-state index in [1.807, 2.05) is 24.3 Å². The van der Waals surface area contributed by atoms with Crippen molar-refractivity contribution in [3.05, 3.63) is 42.5 Å². The quantitative estimate of drug-likeness (QED) is 0.804. The van der Waals surface area contributed by atoms with Crippen LogP contribution in [-0.4, -0.2) is 39.4 Å². The third kappa shape index (κ3) is 2.81. The predicted octanol–water partition coefficient (Wildman–Crippen LogP) is 1.63. The molecule has 6 heteroatoms. The Hall–Kier alpha value is -1.92. The first-order valence-corrected chi connectivity index (χ1v) is 7.41. The van der Waals surface area contributed by atoms with Crippen molar-refractivity contribution < 1.29 is 17.9 Å². The molecule has 0 saturated heterocycles. The van der Waals surface area contributed by atoms with Gasteiger partial charge in [-0.1, -0.05) is 30.3 Å². The Morgan fingerprint density at radius 1 is 1.15 bits per heavy atom. The van der Waals surface area contributed by atoms with Gasteiger partial charge < -0.3 is 4.74 Å². The number of methoxy groups -OCH3 is 1. The number of rotatable bonds is 4. The lowest BCUT2D eigenvalue weighted by Gasteiger charge is -2.16. The molecule has 2 rings (SSSR count). The van der Waals surface area contributed by atoms with Crippen molar-refractivity contribution >= 4 is 26.8 Å². The molecule has 0 N–H and O–H groups in total. The van der Waals surface area contributed by atoms with E-state index in [0.717, 1.165) is 15.1 Å². The van der Waals surface area contributed by atoms with Crippen LogP contribution in [-0.2, 0) is 19.6 Å². The fourth-order valence-electron chi connectivity index (χ4n) is 1.84. The van der Waals surface area contributed by atoms with Crippen LogP contribution in [0.5, 0.6) is 0 Å². The van der Waals surface area contributed by atoms with E-state index < -0.39 is 16.0 Å². The second kappa shape index (κ2) is 5.60. The zero-order valence-corrected chi connectivity index (χ0v) is 12.1. The lowest BCUT2D eigenvalue weighted by molar-refractivity contribution is -0.140. The Morgan fingerprint density at radius 3 is 2.45 bits per heavy atom. The molecule has 0 heterocycles. The van der Waals surface area contributed by atoms with Crippen LogP contribution in [0.25, 0.3) is 10.8 Å². The summed E-state index contributed by atoms with van der Waals surface area (Å²) in [5.41, 5.74) is 0. The predicted molar refractivity (Wildman–Crippen MR) is 75.8 cm³/mol. The Balaban J connectivity index is 2.38. The number of carbonyl (C=O) groups is 1. The van der Waals surface area contributed by atoms with E-state index in [2.05, 4.69) is 4.74 Å². The lowest BCUT2D eigenvalue weighted by atomic mass is 10.1. The lowest BCUT2D eigenvalue weighted by Crippen LogP contribution is -2.32. The summed E-state index contributed by atoms with van der Waals surface area (Å²) < 4.78 is 30.1. The molecule has 0 aliphatic carbocycles. The smallest absolute Gasteiger partial charge is 0.321 e. The highest BCUT2D eigenvalue weighted by Gasteiger charge is 2.23. The van der Waals surface area contributed by atoms with E-state index in [-0.39, 0.29) is 11.4 Å². The molecular formula is C14H15NO4S. The van der Waals surface area contributed by atoms with Crippen LogP contribution in [0.2, 0.25) is 0 Å². The summed E-state index contributed by atoms with van der Waals surface area (Å²) in [5, 5.41) is 1.79. The van der Waals surface area contributed by atoms with Crippen molar-refractivity contribution in [1.29, 1.82) is 0 Å². The van der Waals surface area contributed by atoms with Gasteiger partial charge in [0.05, 0.1) is 12.0 Å². The molecule has 0 radical (unpaired) electrons. The van der Waals surface area contributed by atoms with Gasteiger partial charge in [-0.2, -0.15) is 4.31 Å². The molecule has 0 spiro atoms. The second-order valence-corrected chi connectivity index (χ2v) is 6.39.